The van der Waals surface area contributed by atoms with Crippen LogP contribution in [0.2, 0.25) is 0 Å². The largest absolute Gasteiger partial charge is 0.396 e. The summed E-state index contributed by atoms with van der Waals surface area (Å²) in [6, 6.07) is 0. The van der Waals surface area contributed by atoms with Crippen LogP contribution in [-0.4, -0.2) is 118 Å². The molecule has 3 heterocycles. The molecule has 6 N–H and O–H groups in total. The lowest BCUT2D eigenvalue weighted by molar-refractivity contribution is -0.322. The molecule has 9 unspecified atom stereocenters. The van der Waals surface area contributed by atoms with E-state index in [4.69, 9.17) is 14.2 Å². The Balaban J connectivity index is 1.71. The molecule has 33 heavy (non-hydrogen) atoms. The topological polar surface area (TPSA) is 169 Å². The maximum atomic E-state index is 12.6. The van der Waals surface area contributed by atoms with E-state index in [0.29, 0.717) is 18.9 Å². The maximum absolute atomic E-state index is 12.6. The number of likely N-dealkylation sites (tertiary alicyclic amines) is 1. The molecular formula is C22H39NO10. The third-order valence-corrected chi connectivity index (χ3v) is 7.12. The molecular weight excluding hydrogens is 438 g/mol. The summed E-state index contributed by atoms with van der Waals surface area (Å²) in [5.41, 5.74) is 0. The highest BCUT2D eigenvalue weighted by Gasteiger charge is 2.52. The number of ether oxygens (including phenoxy) is 3. The standard InChI is InChI=1S/C22H39NO10/c1-11(2)3-12-4-17(28)23(5-12)21-19(30)18(29)20(16(9-27)32-21)33-22-15(8-26)14(7-25)13(6-24)10-31-22/h11-16,18-22,24-27,29-30H,3-10H2,1-2H3/t12?,13?,14?,15?,16?,18?,19?,20?,21?,22-/m0/s1. The Morgan fingerprint density at radius 1 is 1.03 bits per heavy atom. The zero-order chi connectivity index (χ0) is 24.3. The van der Waals surface area contributed by atoms with Crippen molar-refractivity contribution < 1.29 is 49.6 Å². The van der Waals surface area contributed by atoms with Crippen LogP contribution in [-0.2, 0) is 19.0 Å². The number of carbonyl (C=O) groups excluding carboxylic acids is 1. The van der Waals surface area contributed by atoms with E-state index in [1.54, 1.807) is 0 Å². The van der Waals surface area contributed by atoms with Crippen LogP contribution in [0.15, 0.2) is 0 Å². The number of hydrogen-bond donors (Lipinski definition) is 6. The van der Waals surface area contributed by atoms with Gasteiger partial charge in [0.2, 0.25) is 5.91 Å². The fourth-order valence-electron chi connectivity index (χ4n) is 5.38. The van der Waals surface area contributed by atoms with Gasteiger partial charge in [0, 0.05) is 38.0 Å². The molecule has 3 saturated heterocycles. The normalized spacial score (nSPS) is 42.3. The minimum Gasteiger partial charge on any atom is -0.396 e. The molecule has 0 aliphatic carbocycles. The first-order valence-electron chi connectivity index (χ1n) is 11.8. The van der Waals surface area contributed by atoms with Gasteiger partial charge in [0.25, 0.3) is 0 Å². The second-order valence-corrected chi connectivity index (χ2v) is 9.91. The van der Waals surface area contributed by atoms with Crippen LogP contribution in [0, 0.1) is 29.6 Å². The molecule has 3 aliphatic rings. The summed E-state index contributed by atoms with van der Waals surface area (Å²) in [4.78, 5) is 14.0. The summed E-state index contributed by atoms with van der Waals surface area (Å²) in [7, 11) is 0. The molecule has 0 aromatic carbocycles. The summed E-state index contributed by atoms with van der Waals surface area (Å²) in [5.74, 6) is -1.21. The van der Waals surface area contributed by atoms with Crippen LogP contribution < -0.4 is 0 Å². The van der Waals surface area contributed by atoms with Crippen molar-refractivity contribution in [3.63, 3.8) is 0 Å². The van der Waals surface area contributed by atoms with Crippen molar-refractivity contribution in [1.29, 1.82) is 0 Å². The maximum Gasteiger partial charge on any atom is 0.225 e. The number of amides is 1. The van der Waals surface area contributed by atoms with Gasteiger partial charge in [0.05, 0.1) is 19.8 Å². The van der Waals surface area contributed by atoms with Crippen LogP contribution in [0.3, 0.4) is 0 Å². The lowest BCUT2D eigenvalue weighted by atomic mass is 9.80. The molecule has 0 radical (unpaired) electrons. The Morgan fingerprint density at radius 2 is 1.73 bits per heavy atom. The van der Waals surface area contributed by atoms with Gasteiger partial charge in [-0.3, -0.25) is 4.79 Å². The summed E-state index contributed by atoms with van der Waals surface area (Å²) in [6.07, 6.45) is -6.21. The van der Waals surface area contributed by atoms with E-state index in [2.05, 4.69) is 13.8 Å². The second kappa shape index (κ2) is 11.7. The minimum atomic E-state index is -1.50. The quantitative estimate of drug-likeness (QED) is 0.216. The van der Waals surface area contributed by atoms with Gasteiger partial charge >= 0.3 is 0 Å². The second-order valence-electron chi connectivity index (χ2n) is 9.91. The zero-order valence-electron chi connectivity index (χ0n) is 19.3. The lowest BCUT2D eigenvalue weighted by Gasteiger charge is -2.48. The summed E-state index contributed by atoms with van der Waals surface area (Å²) in [6.45, 7) is 3.14. The smallest absolute Gasteiger partial charge is 0.225 e. The van der Waals surface area contributed by atoms with Gasteiger partial charge in [-0.1, -0.05) is 13.8 Å². The van der Waals surface area contributed by atoms with Gasteiger partial charge in [-0.25, -0.2) is 0 Å². The molecule has 0 aromatic heterocycles. The van der Waals surface area contributed by atoms with Gasteiger partial charge in [-0.05, 0) is 24.2 Å². The Morgan fingerprint density at radius 3 is 2.30 bits per heavy atom. The van der Waals surface area contributed by atoms with E-state index in [9.17, 15) is 35.4 Å². The molecule has 3 rings (SSSR count). The van der Waals surface area contributed by atoms with Crippen LogP contribution in [0.25, 0.3) is 0 Å². The van der Waals surface area contributed by atoms with Gasteiger partial charge < -0.3 is 49.7 Å². The Kier molecular flexibility index (Phi) is 9.47. The highest BCUT2D eigenvalue weighted by molar-refractivity contribution is 5.79. The number of hydrogen-bond acceptors (Lipinski definition) is 10. The number of rotatable bonds is 9. The number of aliphatic hydroxyl groups is 6. The Labute approximate surface area is 193 Å². The molecule has 192 valence electrons. The third kappa shape index (κ3) is 5.68. The van der Waals surface area contributed by atoms with Gasteiger partial charge in [0.1, 0.15) is 24.4 Å². The average molecular weight is 478 g/mol. The first-order valence-corrected chi connectivity index (χ1v) is 11.8. The van der Waals surface area contributed by atoms with Crippen molar-refractivity contribution in [3.8, 4) is 0 Å². The van der Waals surface area contributed by atoms with Gasteiger partial charge in [-0.15, -0.1) is 0 Å². The van der Waals surface area contributed by atoms with E-state index >= 15 is 0 Å². The summed E-state index contributed by atoms with van der Waals surface area (Å²) < 4.78 is 17.4. The van der Waals surface area contributed by atoms with Crippen LogP contribution in [0.4, 0.5) is 0 Å². The number of nitrogens with zero attached hydrogens (tertiary/aromatic N) is 1. The Hall–Kier alpha value is -0.890. The molecule has 11 heteroatoms. The van der Waals surface area contributed by atoms with Crippen molar-refractivity contribution in [2.24, 2.45) is 29.6 Å². The van der Waals surface area contributed by atoms with Crippen LogP contribution >= 0.6 is 0 Å². The van der Waals surface area contributed by atoms with Crippen molar-refractivity contribution in [2.45, 2.75) is 63.6 Å². The minimum absolute atomic E-state index is 0.0705. The molecule has 3 aliphatic heterocycles. The molecule has 0 saturated carbocycles. The van der Waals surface area contributed by atoms with Crippen molar-refractivity contribution in [2.75, 3.05) is 39.6 Å². The number of aliphatic hydroxyl groups excluding tert-OH is 6. The van der Waals surface area contributed by atoms with Gasteiger partial charge in [0.15, 0.2) is 12.5 Å². The van der Waals surface area contributed by atoms with E-state index < -0.39 is 62.0 Å². The predicted molar refractivity (Wildman–Crippen MR) is 113 cm³/mol. The van der Waals surface area contributed by atoms with Crippen LogP contribution in [0.1, 0.15) is 26.7 Å². The average Bonchev–Trinajstić information content (AvgIpc) is 3.15. The van der Waals surface area contributed by atoms with Crippen molar-refractivity contribution >= 4 is 5.91 Å². The van der Waals surface area contributed by atoms with E-state index in [-0.39, 0.29) is 37.6 Å². The molecule has 3 fully saturated rings. The van der Waals surface area contributed by atoms with Crippen LogP contribution in [0.5, 0.6) is 0 Å². The molecule has 11 nitrogen and oxygen atoms in total. The number of carbonyl (C=O) groups is 1. The van der Waals surface area contributed by atoms with E-state index in [0.717, 1.165) is 6.42 Å². The van der Waals surface area contributed by atoms with Crippen molar-refractivity contribution in [3.05, 3.63) is 0 Å². The van der Waals surface area contributed by atoms with E-state index in [1.807, 2.05) is 0 Å². The molecule has 1 amide bonds. The monoisotopic (exact) mass is 477 g/mol. The molecule has 0 spiro atoms. The first kappa shape index (κ1) is 26.7. The molecule has 10 atom stereocenters. The SMILES string of the molecule is CC(C)CC1CC(=O)N(C2OC(CO)C(O[C@@H]3OCC(CO)C(CO)C3CO)C(O)C2O)C1. The fourth-order valence-corrected chi connectivity index (χ4v) is 5.38. The molecule has 0 aromatic rings. The first-order chi connectivity index (χ1) is 15.7. The lowest BCUT2D eigenvalue weighted by Crippen LogP contribution is -2.65. The molecule has 0 bridgehead atoms. The predicted octanol–water partition coefficient (Wildman–Crippen LogP) is -2.11. The fraction of sp³-hybridized carbons (Fsp3) is 0.955. The summed E-state index contributed by atoms with van der Waals surface area (Å²) >= 11 is 0. The zero-order valence-corrected chi connectivity index (χ0v) is 19.3. The third-order valence-electron chi connectivity index (χ3n) is 7.12. The highest BCUT2D eigenvalue weighted by atomic mass is 16.7. The summed E-state index contributed by atoms with van der Waals surface area (Å²) in [5, 5.41) is 60.7. The van der Waals surface area contributed by atoms with Gasteiger partial charge in [-0.2, -0.15) is 0 Å². The highest BCUT2D eigenvalue weighted by Crippen LogP contribution is 2.36. The van der Waals surface area contributed by atoms with Crippen molar-refractivity contribution in [1.82, 2.24) is 4.90 Å². The Bertz CT molecular complexity index is 634. The van der Waals surface area contributed by atoms with E-state index in [1.165, 1.54) is 4.90 Å².